The van der Waals surface area contributed by atoms with Crippen molar-refractivity contribution in [3.63, 3.8) is 0 Å². The van der Waals surface area contributed by atoms with Gasteiger partial charge in [0.25, 0.3) is 0 Å². The van der Waals surface area contributed by atoms with Crippen LogP contribution in [0.3, 0.4) is 0 Å². The fourth-order valence-electron chi connectivity index (χ4n) is 1.77. The number of unbranched alkanes of at least 4 members (excludes halogenated alkanes) is 2. The largest absolute Gasteiger partial charge is 0.493 e. The lowest BCUT2D eigenvalue weighted by atomic mass is 10.0. The molecule has 0 amide bonds. The van der Waals surface area contributed by atoms with Gasteiger partial charge in [0.05, 0.1) is 12.7 Å². The Balaban J connectivity index is 2.61. The van der Waals surface area contributed by atoms with Crippen LogP contribution in [0.25, 0.3) is 0 Å². The van der Waals surface area contributed by atoms with E-state index in [0.29, 0.717) is 18.1 Å². The van der Waals surface area contributed by atoms with Crippen molar-refractivity contribution in [1.29, 1.82) is 5.26 Å². The van der Waals surface area contributed by atoms with E-state index in [1.807, 2.05) is 18.2 Å². The summed E-state index contributed by atoms with van der Waals surface area (Å²) in [6, 6.07) is 7.90. The third-order valence-corrected chi connectivity index (χ3v) is 3.36. The number of ether oxygens (including phenoxy) is 1. The molecule has 0 saturated carbocycles. The summed E-state index contributed by atoms with van der Waals surface area (Å²) in [5.41, 5.74) is 6.97. The summed E-state index contributed by atoms with van der Waals surface area (Å²) >= 11 is 6.21. The van der Waals surface area contributed by atoms with E-state index in [2.05, 4.69) is 13.0 Å². The van der Waals surface area contributed by atoms with Crippen LogP contribution in [0.2, 0.25) is 5.02 Å². The third-order valence-electron chi connectivity index (χ3n) is 3.01. The SMILES string of the molecule is CCC(N)Cc1c(Cl)cccc1OCCCCC#N. The lowest BCUT2D eigenvalue weighted by Gasteiger charge is -2.15. The molecular formula is C15H21ClN2O. The van der Waals surface area contributed by atoms with Gasteiger partial charge in [-0.25, -0.2) is 0 Å². The summed E-state index contributed by atoms with van der Waals surface area (Å²) in [5.74, 6) is 0.813. The highest BCUT2D eigenvalue weighted by molar-refractivity contribution is 6.31. The van der Waals surface area contributed by atoms with Crippen molar-refractivity contribution >= 4 is 11.6 Å². The van der Waals surface area contributed by atoms with Crippen molar-refractivity contribution in [2.45, 2.75) is 45.1 Å². The van der Waals surface area contributed by atoms with Crippen molar-refractivity contribution < 1.29 is 4.74 Å². The molecule has 104 valence electrons. The van der Waals surface area contributed by atoms with Crippen LogP contribution in [-0.2, 0) is 6.42 Å². The summed E-state index contributed by atoms with van der Waals surface area (Å²) in [6.45, 7) is 2.67. The van der Waals surface area contributed by atoms with Gasteiger partial charge in [0.15, 0.2) is 0 Å². The molecule has 0 bridgehead atoms. The van der Waals surface area contributed by atoms with Crippen molar-refractivity contribution in [3.8, 4) is 11.8 Å². The summed E-state index contributed by atoms with van der Waals surface area (Å²) in [7, 11) is 0. The van der Waals surface area contributed by atoms with Gasteiger partial charge in [-0.05, 0) is 37.8 Å². The minimum absolute atomic E-state index is 0.0980. The van der Waals surface area contributed by atoms with Gasteiger partial charge in [-0.2, -0.15) is 5.26 Å². The highest BCUT2D eigenvalue weighted by atomic mass is 35.5. The van der Waals surface area contributed by atoms with Crippen molar-refractivity contribution in [2.75, 3.05) is 6.61 Å². The zero-order valence-electron chi connectivity index (χ0n) is 11.4. The van der Waals surface area contributed by atoms with E-state index in [4.69, 9.17) is 27.3 Å². The molecule has 0 aromatic heterocycles. The van der Waals surface area contributed by atoms with E-state index in [0.717, 1.165) is 37.0 Å². The number of hydrogen-bond acceptors (Lipinski definition) is 3. The normalized spacial score (nSPS) is 11.9. The molecule has 0 aliphatic heterocycles. The number of nitrogens with zero attached hydrogens (tertiary/aromatic N) is 1. The molecule has 2 N–H and O–H groups in total. The third kappa shape index (κ3) is 5.50. The molecule has 0 fully saturated rings. The summed E-state index contributed by atoms with van der Waals surface area (Å²) in [4.78, 5) is 0. The molecule has 0 saturated heterocycles. The molecule has 19 heavy (non-hydrogen) atoms. The van der Waals surface area contributed by atoms with Crippen molar-refractivity contribution in [1.82, 2.24) is 0 Å². The maximum Gasteiger partial charge on any atom is 0.124 e. The second-order valence-corrected chi connectivity index (χ2v) is 4.96. The monoisotopic (exact) mass is 280 g/mol. The topological polar surface area (TPSA) is 59.0 Å². The molecule has 3 nitrogen and oxygen atoms in total. The molecular weight excluding hydrogens is 260 g/mol. The molecule has 0 spiro atoms. The molecule has 1 aromatic rings. The highest BCUT2D eigenvalue weighted by Crippen LogP contribution is 2.28. The predicted octanol–water partition coefficient (Wildman–Crippen LogP) is 3.69. The Morgan fingerprint density at radius 1 is 1.42 bits per heavy atom. The number of benzene rings is 1. The maximum absolute atomic E-state index is 8.47. The molecule has 1 aromatic carbocycles. The van der Waals surface area contributed by atoms with Gasteiger partial charge < -0.3 is 10.5 Å². The molecule has 1 rings (SSSR count). The number of hydrogen-bond donors (Lipinski definition) is 1. The minimum Gasteiger partial charge on any atom is -0.493 e. The lowest BCUT2D eigenvalue weighted by Crippen LogP contribution is -2.22. The van der Waals surface area contributed by atoms with Crippen LogP contribution in [-0.4, -0.2) is 12.6 Å². The van der Waals surface area contributed by atoms with Crippen molar-refractivity contribution in [3.05, 3.63) is 28.8 Å². The van der Waals surface area contributed by atoms with Gasteiger partial charge in [0.1, 0.15) is 5.75 Å². The minimum atomic E-state index is 0.0980. The van der Waals surface area contributed by atoms with E-state index in [9.17, 15) is 0 Å². The zero-order valence-corrected chi connectivity index (χ0v) is 12.1. The number of nitriles is 1. The second kappa shape index (κ2) is 8.79. The van der Waals surface area contributed by atoms with E-state index in [1.54, 1.807) is 0 Å². The smallest absolute Gasteiger partial charge is 0.124 e. The van der Waals surface area contributed by atoms with Gasteiger partial charge in [0.2, 0.25) is 0 Å². The fourth-order valence-corrected chi connectivity index (χ4v) is 2.01. The van der Waals surface area contributed by atoms with Crippen LogP contribution in [0.15, 0.2) is 18.2 Å². The lowest BCUT2D eigenvalue weighted by molar-refractivity contribution is 0.304. The highest BCUT2D eigenvalue weighted by Gasteiger charge is 2.11. The van der Waals surface area contributed by atoms with Crippen LogP contribution < -0.4 is 10.5 Å². The van der Waals surface area contributed by atoms with E-state index in [1.165, 1.54) is 0 Å². The first-order valence-corrected chi connectivity index (χ1v) is 7.09. The average Bonchev–Trinajstić information content (AvgIpc) is 2.41. The second-order valence-electron chi connectivity index (χ2n) is 4.55. The maximum atomic E-state index is 8.47. The first kappa shape index (κ1) is 15.8. The quantitative estimate of drug-likeness (QED) is 0.739. The summed E-state index contributed by atoms with van der Waals surface area (Å²) in [6.07, 6.45) is 3.95. The first-order valence-electron chi connectivity index (χ1n) is 6.71. The average molecular weight is 281 g/mol. The molecule has 0 aliphatic rings. The van der Waals surface area contributed by atoms with Crippen LogP contribution in [0, 0.1) is 11.3 Å². The molecule has 4 heteroatoms. The Hall–Kier alpha value is -1.24. The van der Waals surface area contributed by atoms with Crippen LogP contribution >= 0.6 is 11.6 Å². The van der Waals surface area contributed by atoms with Gasteiger partial charge >= 0.3 is 0 Å². The van der Waals surface area contributed by atoms with Gasteiger partial charge in [0, 0.05) is 23.0 Å². The van der Waals surface area contributed by atoms with Gasteiger partial charge in [-0.1, -0.05) is 24.6 Å². The van der Waals surface area contributed by atoms with Crippen LogP contribution in [0.4, 0.5) is 0 Å². The Labute approximate surface area is 120 Å². The fraction of sp³-hybridized carbons (Fsp3) is 0.533. The standard InChI is InChI=1S/C15H21ClN2O/c1-2-12(18)11-13-14(16)7-6-8-15(13)19-10-5-3-4-9-17/h6-8,12H,2-5,10-11,18H2,1H3. The van der Waals surface area contributed by atoms with Crippen LogP contribution in [0.5, 0.6) is 5.75 Å². The zero-order chi connectivity index (χ0) is 14.1. The van der Waals surface area contributed by atoms with Crippen molar-refractivity contribution in [2.24, 2.45) is 5.73 Å². The Kier molecular flexibility index (Phi) is 7.32. The predicted molar refractivity (Wildman–Crippen MR) is 78.4 cm³/mol. The molecule has 0 aliphatic carbocycles. The number of rotatable bonds is 8. The van der Waals surface area contributed by atoms with Crippen LogP contribution in [0.1, 0.15) is 38.2 Å². The van der Waals surface area contributed by atoms with Gasteiger partial charge in [-0.15, -0.1) is 0 Å². The molecule has 1 atom stereocenters. The molecule has 1 unspecified atom stereocenters. The van der Waals surface area contributed by atoms with E-state index < -0.39 is 0 Å². The Morgan fingerprint density at radius 2 is 2.21 bits per heavy atom. The number of halogens is 1. The van der Waals surface area contributed by atoms with E-state index in [-0.39, 0.29) is 6.04 Å². The molecule has 0 heterocycles. The first-order chi connectivity index (χ1) is 9.19. The summed E-state index contributed by atoms with van der Waals surface area (Å²) < 4.78 is 5.76. The number of nitrogens with two attached hydrogens (primary N) is 1. The van der Waals surface area contributed by atoms with Gasteiger partial charge in [-0.3, -0.25) is 0 Å². The Bertz CT molecular complexity index is 429. The van der Waals surface area contributed by atoms with E-state index >= 15 is 0 Å². The molecule has 0 radical (unpaired) electrons. The summed E-state index contributed by atoms with van der Waals surface area (Å²) in [5, 5.41) is 9.17. The Morgan fingerprint density at radius 3 is 2.89 bits per heavy atom.